The Labute approximate surface area is 210 Å². The predicted octanol–water partition coefficient (Wildman–Crippen LogP) is 5.32. The molecule has 4 atom stereocenters. The van der Waals surface area contributed by atoms with Gasteiger partial charge in [0.2, 0.25) is 11.7 Å². The van der Waals surface area contributed by atoms with Crippen LogP contribution < -0.4 is 5.32 Å². The first-order valence-corrected chi connectivity index (χ1v) is 12.6. The van der Waals surface area contributed by atoms with E-state index in [9.17, 15) is 14.4 Å². The van der Waals surface area contributed by atoms with Crippen LogP contribution in [0.25, 0.3) is 6.08 Å². The normalized spacial score (nSPS) is 25.4. The van der Waals surface area contributed by atoms with Crippen molar-refractivity contribution in [2.75, 3.05) is 5.32 Å². The van der Waals surface area contributed by atoms with Gasteiger partial charge in [0.05, 0.1) is 23.1 Å². The van der Waals surface area contributed by atoms with Crippen LogP contribution in [-0.4, -0.2) is 28.4 Å². The zero-order valence-corrected chi connectivity index (χ0v) is 19.8. The molecule has 36 heavy (non-hydrogen) atoms. The van der Waals surface area contributed by atoms with Crippen LogP contribution >= 0.6 is 11.3 Å². The van der Waals surface area contributed by atoms with Gasteiger partial charge >= 0.3 is 0 Å². The Morgan fingerprint density at radius 3 is 2.58 bits per heavy atom. The molecule has 7 heteroatoms. The summed E-state index contributed by atoms with van der Waals surface area (Å²) in [5, 5.41) is 4.88. The Morgan fingerprint density at radius 2 is 1.78 bits per heavy atom. The third-order valence-electron chi connectivity index (χ3n) is 7.65. The Morgan fingerprint density at radius 1 is 0.944 bits per heavy atom. The molecule has 6 nitrogen and oxygen atoms in total. The van der Waals surface area contributed by atoms with Gasteiger partial charge < -0.3 is 14.6 Å². The van der Waals surface area contributed by atoms with E-state index in [1.54, 1.807) is 18.2 Å². The van der Waals surface area contributed by atoms with Crippen molar-refractivity contribution in [2.24, 2.45) is 5.92 Å². The first-order chi connectivity index (χ1) is 17.6. The highest BCUT2D eigenvalue weighted by Crippen LogP contribution is 2.62. The van der Waals surface area contributed by atoms with Crippen molar-refractivity contribution >= 4 is 40.6 Å². The number of nitrogens with one attached hydrogen (secondary N) is 1. The summed E-state index contributed by atoms with van der Waals surface area (Å²) >= 11 is 1.34. The molecule has 3 aliphatic heterocycles. The highest BCUT2D eigenvalue weighted by molar-refractivity contribution is 7.12. The maximum absolute atomic E-state index is 14.3. The summed E-state index contributed by atoms with van der Waals surface area (Å²) in [4.78, 5) is 45.1. The lowest BCUT2D eigenvalue weighted by molar-refractivity contribution is -0.122. The molecule has 0 saturated carbocycles. The van der Waals surface area contributed by atoms with Crippen LogP contribution in [-0.2, 0) is 10.2 Å². The van der Waals surface area contributed by atoms with E-state index < -0.39 is 23.4 Å². The van der Waals surface area contributed by atoms with Gasteiger partial charge in [-0.3, -0.25) is 14.4 Å². The molecule has 176 valence electrons. The van der Waals surface area contributed by atoms with Gasteiger partial charge in [-0.25, -0.2) is 0 Å². The number of hydrogen-bond acceptors (Lipinski definition) is 6. The van der Waals surface area contributed by atoms with E-state index in [2.05, 4.69) is 5.32 Å². The van der Waals surface area contributed by atoms with E-state index in [1.165, 1.54) is 17.6 Å². The number of rotatable bonds is 4. The van der Waals surface area contributed by atoms with Gasteiger partial charge in [-0.05, 0) is 52.4 Å². The van der Waals surface area contributed by atoms with Crippen molar-refractivity contribution < 1.29 is 18.8 Å². The number of amides is 1. The number of para-hydroxylation sites is 1. The molecule has 0 radical (unpaired) electrons. The summed E-state index contributed by atoms with van der Waals surface area (Å²) in [7, 11) is 0. The van der Waals surface area contributed by atoms with Gasteiger partial charge in [0.25, 0.3) is 0 Å². The van der Waals surface area contributed by atoms with Crippen LogP contribution in [0.15, 0.2) is 95.1 Å². The Balaban J connectivity index is 1.56. The van der Waals surface area contributed by atoms with E-state index in [1.807, 2.05) is 77.2 Å². The topological polar surface area (TPSA) is 79.6 Å². The molecule has 2 aromatic carbocycles. The largest absolute Gasteiger partial charge is 0.461 e. The number of carbonyl (C=O) groups excluding carboxylic acids is 3. The van der Waals surface area contributed by atoms with Crippen LogP contribution in [0, 0.1) is 5.92 Å². The van der Waals surface area contributed by atoms with E-state index >= 15 is 0 Å². The summed E-state index contributed by atoms with van der Waals surface area (Å²) in [6.07, 6.45) is 5.26. The van der Waals surface area contributed by atoms with Crippen molar-refractivity contribution in [3.8, 4) is 0 Å². The van der Waals surface area contributed by atoms with E-state index in [0.29, 0.717) is 10.6 Å². The van der Waals surface area contributed by atoms with E-state index in [4.69, 9.17) is 4.42 Å². The lowest BCUT2D eigenvalue weighted by Gasteiger charge is -2.38. The SMILES string of the molecule is O=C(c1cccs1)[C@@H]1[C@@H](C(=O)c2ccco2)[C@@]2(C(=O)Nc3ccccc32)[C@H]2c3ccccc3C=CN12. The fraction of sp³-hybridized carbons (Fsp3) is 0.138. The van der Waals surface area contributed by atoms with Gasteiger partial charge in [0, 0.05) is 11.9 Å². The predicted molar refractivity (Wildman–Crippen MR) is 136 cm³/mol. The van der Waals surface area contributed by atoms with Crippen LogP contribution in [0.1, 0.15) is 43.0 Å². The summed E-state index contributed by atoms with van der Waals surface area (Å²) in [5.41, 5.74) is 1.92. The second-order valence-electron chi connectivity index (χ2n) is 9.27. The number of benzene rings is 2. The second-order valence-corrected chi connectivity index (χ2v) is 10.2. The lowest BCUT2D eigenvalue weighted by Crippen LogP contribution is -2.49. The minimum atomic E-state index is -1.33. The van der Waals surface area contributed by atoms with Crippen molar-refractivity contribution in [2.45, 2.75) is 17.5 Å². The molecule has 0 unspecified atom stereocenters. The zero-order chi connectivity index (χ0) is 24.4. The number of anilines is 1. The first kappa shape index (κ1) is 21.1. The highest BCUT2D eigenvalue weighted by Gasteiger charge is 2.71. The highest BCUT2D eigenvalue weighted by atomic mass is 32.1. The maximum Gasteiger partial charge on any atom is 0.238 e. The first-order valence-electron chi connectivity index (χ1n) is 11.7. The van der Waals surface area contributed by atoms with Crippen molar-refractivity contribution in [3.63, 3.8) is 0 Å². The second kappa shape index (κ2) is 7.63. The average Bonchev–Trinajstić information content (AvgIpc) is 3.70. The third kappa shape index (κ3) is 2.63. The fourth-order valence-electron chi connectivity index (χ4n) is 6.30. The van der Waals surface area contributed by atoms with Crippen LogP contribution in [0.4, 0.5) is 5.69 Å². The standard InChI is InChI=1S/C29H20N2O4S/c32-25(21-11-5-15-35-21)23-24(26(33)22-12-6-16-36-22)31-14-13-17-7-1-2-8-18(17)27(31)29(23)19-9-3-4-10-20(19)30-28(29)34/h1-16,23-24,27H,(H,30,34)/t23-,24-,27+,29+/m0/s1. The van der Waals surface area contributed by atoms with E-state index in [0.717, 1.165) is 16.7 Å². The van der Waals surface area contributed by atoms with Gasteiger partial charge in [-0.15, -0.1) is 11.3 Å². The number of nitrogens with zero attached hydrogens (tertiary/aromatic N) is 1. The number of carbonyl (C=O) groups is 3. The molecule has 5 heterocycles. The third-order valence-corrected chi connectivity index (χ3v) is 8.53. The van der Waals surface area contributed by atoms with Gasteiger partial charge in [0.15, 0.2) is 11.5 Å². The smallest absolute Gasteiger partial charge is 0.238 e. The number of hydrogen-bond donors (Lipinski definition) is 1. The average molecular weight is 493 g/mol. The summed E-state index contributed by atoms with van der Waals surface area (Å²) < 4.78 is 5.55. The molecule has 1 saturated heterocycles. The van der Waals surface area contributed by atoms with Crippen molar-refractivity contribution in [1.82, 2.24) is 4.90 Å². The van der Waals surface area contributed by atoms with Crippen LogP contribution in [0.2, 0.25) is 0 Å². The fourth-order valence-corrected chi connectivity index (χ4v) is 7.00. The zero-order valence-electron chi connectivity index (χ0n) is 19.0. The number of ketones is 2. The molecule has 1 spiro atoms. The number of fused-ring (bicyclic) bond motifs is 6. The van der Waals surface area contributed by atoms with Crippen LogP contribution in [0.3, 0.4) is 0 Å². The minimum absolute atomic E-state index is 0.137. The Kier molecular flexibility index (Phi) is 4.47. The monoisotopic (exact) mass is 492 g/mol. The summed E-state index contributed by atoms with van der Waals surface area (Å²) in [6, 6.07) is 20.7. The van der Waals surface area contributed by atoms with E-state index in [-0.39, 0.29) is 23.2 Å². The molecule has 0 aliphatic carbocycles. The molecular formula is C29H20N2O4S. The molecule has 2 aromatic heterocycles. The molecule has 1 amide bonds. The van der Waals surface area contributed by atoms with Gasteiger partial charge in [-0.2, -0.15) is 0 Å². The quantitative estimate of drug-likeness (QED) is 0.390. The number of Topliss-reactive ketones (excluding diaryl/α,β-unsaturated/α-hetero) is 2. The van der Waals surface area contributed by atoms with Crippen LogP contribution in [0.5, 0.6) is 0 Å². The van der Waals surface area contributed by atoms with Gasteiger partial charge in [0.1, 0.15) is 11.5 Å². The Hall–Kier alpha value is -4.23. The minimum Gasteiger partial charge on any atom is -0.461 e. The number of furan rings is 1. The van der Waals surface area contributed by atoms with Crippen molar-refractivity contribution in [3.05, 3.63) is 118 Å². The Bertz CT molecular complexity index is 1560. The van der Waals surface area contributed by atoms with Crippen molar-refractivity contribution in [1.29, 1.82) is 0 Å². The molecule has 7 rings (SSSR count). The molecular weight excluding hydrogens is 472 g/mol. The van der Waals surface area contributed by atoms with Gasteiger partial charge in [-0.1, -0.05) is 48.5 Å². The molecule has 4 aromatic rings. The summed E-state index contributed by atoms with van der Waals surface area (Å²) in [5.74, 6) is -1.70. The maximum atomic E-state index is 14.3. The molecule has 1 fully saturated rings. The number of thiophene rings is 1. The molecule has 3 aliphatic rings. The molecule has 0 bridgehead atoms. The molecule has 1 N–H and O–H groups in total. The lowest BCUT2D eigenvalue weighted by atomic mass is 9.63. The summed E-state index contributed by atoms with van der Waals surface area (Å²) in [6.45, 7) is 0.